The summed E-state index contributed by atoms with van der Waals surface area (Å²) in [6, 6.07) is 25.8. The molecule has 3 rings (SSSR count). The van der Waals surface area contributed by atoms with Gasteiger partial charge >= 0.3 is 0 Å². The molecule has 1 atom stereocenters. The first kappa shape index (κ1) is 18.5. The van der Waals surface area contributed by atoms with Gasteiger partial charge in [0, 0.05) is 17.4 Å². The minimum Gasteiger partial charge on any atom is -0.493 e. The van der Waals surface area contributed by atoms with Crippen molar-refractivity contribution in [3.63, 3.8) is 0 Å². The van der Waals surface area contributed by atoms with Crippen molar-refractivity contribution in [1.82, 2.24) is 0 Å². The first-order valence-electron chi connectivity index (χ1n) is 9.39. The van der Waals surface area contributed by atoms with Crippen molar-refractivity contribution in [3.8, 4) is 5.75 Å². The molecule has 0 saturated heterocycles. The third kappa shape index (κ3) is 4.25. The van der Waals surface area contributed by atoms with E-state index >= 15 is 0 Å². The van der Waals surface area contributed by atoms with E-state index in [1.807, 2.05) is 0 Å². The van der Waals surface area contributed by atoms with E-state index in [0.29, 0.717) is 12.6 Å². The van der Waals surface area contributed by atoms with Crippen LogP contribution in [0.4, 0.5) is 0 Å². The van der Waals surface area contributed by atoms with Crippen LogP contribution < -0.4 is 4.74 Å². The van der Waals surface area contributed by atoms with E-state index in [0.717, 1.165) is 29.6 Å². The van der Waals surface area contributed by atoms with Crippen molar-refractivity contribution in [2.24, 2.45) is 0 Å². The smallest absolute Gasteiger partial charge is 0.127 e. The maximum absolute atomic E-state index is 6.22. The van der Waals surface area contributed by atoms with Gasteiger partial charge in [-0.25, -0.2) is 0 Å². The van der Waals surface area contributed by atoms with Crippen molar-refractivity contribution in [1.29, 1.82) is 0 Å². The van der Waals surface area contributed by atoms with Crippen LogP contribution in [0.2, 0.25) is 0 Å². The van der Waals surface area contributed by atoms with Gasteiger partial charge in [-0.1, -0.05) is 66.7 Å². The number of ether oxygens (including phenoxy) is 1. The van der Waals surface area contributed by atoms with Crippen LogP contribution in [0.25, 0.3) is 10.8 Å². The molecule has 0 bridgehead atoms. The number of benzene rings is 3. The van der Waals surface area contributed by atoms with Gasteiger partial charge in [0.25, 0.3) is 0 Å². The van der Waals surface area contributed by atoms with Crippen molar-refractivity contribution in [2.45, 2.75) is 18.9 Å². The molecule has 3 aromatic carbocycles. The summed E-state index contributed by atoms with van der Waals surface area (Å²) in [5.74, 6) is 0.970. The molecule has 0 heterocycles. The topological polar surface area (TPSA) is 9.23 Å². The molecule has 0 aliphatic carbocycles. The Morgan fingerprint density at radius 1 is 0.885 bits per heavy atom. The fourth-order valence-corrected chi connectivity index (χ4v) is 3.76. The molecule has 135 valence electrons. The predicted molar refractivity (Wildman–Crippen MR) is 110 cm³/mol. The zero-order chi connectivity index (χ0) is 18.4. The lowest BCUT2D eigenvalue weighted by atomic mass is 10.0. The van der Waals surface area contributed by atoms with Crippen LogP contribution in [0.5, 0.6) is 5.75 Å². The summed E-state index contributed by atoms with van der Waals surface area (Å²) in [6.07, 6.45) is 1.90. The lowest BCUT2D eigenvalue weighted by Crippen LogP contribution is -2.44. The Bertz CT molecular complexity index is 820. The van der Waals surface area contributed by atoms with Crippen LogP contribution in [0.15, 0.2) is 72.8 Å². The molecule has 0 amide bonds. The molecule has 0 saturated carbocycles. The number of hydrogen-bond donors (Lipinski definition) is 0. The molecule has 0 fully saturated rings. The molecular formula is C24H29NO+. The molecule has 0 spiro atoms. The van der Waals surface area contributed by atoms with Crippen molar-refractivity contribution in [3.05, 3.63) is 85.3 Å². The Hall–Kier alpha value is -2.32. The highest BCUT2D eigenvalue weighted by Crippen LogP contribution is 2.30. The number of nitrogens with zero attached hydrogens (tertiary/aromatic N) is 1. The summed E-state index contributed by atoms with van der Waals surface area (Å²) in [6.45, 7) is 5.81. The summed E-state index contributed by atoms with van der Waals surface area (Å²) >= 11 is 0. The summed E-state index contributed by atoms with van der Waals surface area (Å²) in [7, 11) is 4.58. The summed E-state index contributed by atoms with van der Waals surface area (Å²) in [4.78, 5) is 0. The van der Waals surface area contributed by atoms with Crippen LogP contribution in [0.3, 0.4) is 0 Å². The second kappa shape index (κ2) is 8.37. The molecule has 1 radical (unpaired) electrons. The molecule has 0 aromatic heterocycles. The van der Waals surface area contributed by atoms with Gasteiger partial charge in [0.15, 0.2) is 0 Å². The van der Waals surface area contributed by atoms with Gasteiger partial charge in [0.2, 0.25) is 0 Å². The van der Waals surface area contributed by atoms with E-state index in [9.17, 15) is 0 Å². The largest absolute Gasteiger partial charge is 0.493 e. The van der Waals surface area contributed by atoms with Gasteiger partial charge in [-0.3, -0.25) is 0 Å². The maximum Gasteiger partial charge on any atom is 0.127 e. The molecule has 0 N–H and O–H groups in total. The predicted octanol–water partition coefficient (Wildman–Crippen LogP) is 5.65. The molecule has 0 aliphatic heterocycles. The Balaban J connectivity index is 1.75. The average molecular weight is 348 g/mol. The lowest BCUT2D eigenvalue weighted by molar-refractivity contribution is -0.921. The minimum atomic E-state index is 0.396. The highest BCUT2D eigenvalue weighted by Gasteiger charge is 2.29. The first-order valence-corrected chi connectivity index (χ1v) is 9.39. The number of quaternary nitrogens is 1. The molecule has 3 aromatic rings. The zero-order valence-electron chi connectivity index (χ0n) is 15.9. The van der Waals surface area contributed by atoms with Crippen LogP contribution >= 0.6 is 0 Å². The van der Waals surface area contributed by atoms with Crippen LogP contribution in [-0.2, 0) is 0 Å². The average Bonchev–Trinajstić information content (AvgIpc) is 2.66. The molecule has 2 heteroatoms. The quantitative estimate of drug-likeness (QED) is 0.478. The third-order valence-electron chi connectivity index (χ3n) is 5.16. The van der Waals surface area contributed by atoms with Gasteiger partial charge < -0.3 is 9.22 Å². The fourth-order valence-electron chi connectivity index (χ4n) is 3.76. The van der Waals surface area contributed by atoms with Crippen molar-refractivity contribution >= 4 is 10.8 Å². The van der Waals surface area contributed by atoms with Crippen LogP contribution in [0.1, 0.15) is 24.4 Å². The number of rotatable bonds is 8. The minimum absolute atomic E-state index is 0.396. The Morgan fingerprint density at radius 3 is 2.35 bits per heavy atom. The Morgan fingerprint density at radius 2 is 1.58 bits per heavy atom. The summed E-state index contributed by atoms with van der Waals surface area (Å²) < 4.78 is 7.14. The highest BCUT2D eigenvalue weighted by molar-refractivity contribution is 5.88. The molecular weight excluding hydrogens is 318 g/mol. The van der Waals surface area contributed by atoms with Gasteiger partial charge in [0.05, 0.1) is 27.2 Å². The highest BCUT2D eigenvalue weighted by atomic mass is 16.5. The molecule has 1 unspecified atom stereocenters. The van der Waals surface area contributed by atoms with Crippen LogP contribution in [-0.4, -0.2) is 31.7 Å². The number of fused-ring (bicyclic) bond motifs is 1. The maximum atomic E-state index is 6.22. The normalized spacial score (nSPS) is 12.9. The van der Waals surface area contributed by atoms with E-state index in [-0.39, 0.29) is 0 Å². The van der Waals surface area contributed by atoms with Crippen molar-refractivity contribution < 1.29 is 9.22 Å². The zero-order valence-corrected chi connectivity index (χ0v) is 15.9. The summed E-state index contributed by atoms with van der Waals surface area (Å²) in [5.41, 5.74) is 1.37. The first-order chi connectivity index (χ1) is 12.6. The van der Waals surface area contributed by atoms with Gasteiger partial charge in [-0.05, 0) is 24.8 Å². The standard InChI is InChI=1S/C24H29NO/c1-4-18-25(2,3)23(21-12-6-5-7-13-21)17-19-26-24-16-10-14-20-11-8-9-15-22(20)24/h5-16,23H,1,4,17-19H2,2-3H3/q+1. The molecule has 2 nitrogen and oxygen atoms in total. The van der Waals surface area contributed by atoms with Crippen LogP contribution in [0, 0.1) is 6.92 Å². The fraction of sp³-hybridized carbons (Fsp3) is 0.292. The molecule has 26 heavy (non-hydrogen) atoms. The van der Waals surface area contributed by atoms with Gasteiger partial charge in [-0.15, -0.1) is 0 Å². The second-order valence-electron chi connectivity index (χ2n) is 7.40. The molecule has 0 aliphatic rings. The van der Waals surface area contributed by atoms with E-state index < -0.39 is 0 Å². The van der Waals surface area contributed by atoms with Crippen molar-refractivity contribution in [2.75, 3.05) is 27.2 Å². The second-order valence-corrected chi connectivity index (χ2v) is 7.40. The SMILES string of the molecule is [CH2]CC[N+](C)(C)C(CCOc1cccc2ccccc12)c1ccccc1. The van der Waals surface area contributed by atoms with Gasteiger partial charge in [0.1, 0.15) is 11.8 Å². The van der Waals surface area contributed by atoms with Gasteiger partial charge in [-0.2, -0.15) is 0 Å². The number of hydrogen-bond acceptors (Lipinski definition) is 1. The monoisotopic (exact) mass is 347 g/mol. The lowest BCUT2D eigenvalue weighted by Gasteiger charge is -2.38. The van der Waals surface area contributed by atoms with E-state index in [4.69, 9.17) is 4.74 Å². The Kier molecular flexibility index (Phi) is 5.95. The summed E-state index contributed by atoms with van der Waals surface area (Å²) in [5, 5.41) is 2.40. The van der Waals surface area contributed by atoms with E-state index in [1.54, 1.807) is 0 Å². The third-order valence-corrected chi connectivity index (χ3v) is 5.16. The van der Waals surface area contributed by atoms with E-state index in [2.05, 4.69) is 93.8 Å². The Labute approximate surface area is 157 Å². The van der Waals surface area contributed by atoms with E-state index in [1.165, 1.54) is 16.3 Å².